The molecule has 1 aliphatic rings. The second kappa shape index (κ2) is 2.40. The van der Waals surface area contributed by atoms with Gasteiger partial charge in [0.25, 0.3) is 5.78 Å². The molecule has 0 bridgehead atoms. The zero-order chi connectivity index (χ0) is 8.55. The molecule has 0 aliphatic heterocycles. The van der Waals surface area contributed by atoms with Gasteiger partial charge in [0.15, 0.2) is 0 Å². The van der Waals surface area contributed by atoms with Gasteiger partial charge in [0.05, 0.1) is 6.42 Å². The first-order valence-electron chi connectivity index (χ1n) is 3.66. The monoisotopic (exact) mass is 158 g/mol. The molecule has 1 aromatic rings. The second-order valence-corrected chi connectivity index (χ2v) is 2.71. The lowest BCUT2D eigenvalue weighted by Crippen LogP contribution is -2.07. The van der Waals surface area contributed by atoms with E-state index in [1.54, 1.807) is 12.1 Å². The molecule has 58 valence electrons. The molecule has 0 saturated carbocycles. The van der Waals surface area contributed by atoms with Gasteiger partial charge < -0.3 is 5.53 Å². The van der Waals surface area contributed by atoms with E-state index in [-0.39, 0.29) is 11.5 Å². The van der Waals surface area contributed by atoms with E-state index in [0.717, 1.165) is 5.56 Å². The molecule has 0 unspecified atom stereocenters. The third-order valence-corrected chi connectivity index (χ3v) is 2.00. The number of ketones is 1. The minimum atomic E-state index is -0.159. The lowest BCUT2D eigenvalue weighted by molar-refractivity contribution is -0.00761. The van der Waals surface area contributed by atoms with Crippen LogP contribution in [0.5, 0.6) is 0 Å². The fourth-order valence-electron chi connectivity index (χ4n) is 1.39. The van der Waals surface area contributed by atoms with Crippen LogP contribution in [0.25, 0.3) is 5.53 Å². The number of Topliss-reactive ketones (excluding diaryl/α,β-unsaturated/α-hetero) is 1. The maximum atomic E-state index is 11.3. The standard InChI is InChI=1S/C9H6N2O/c10-11-8-5-6-3-1-2-4-7(6)9(8)12/h1-4H,5H2. The molecule has 0 aromatic heterocycles. The number of fused-ring (bicyclic) bond motifs is 1. The molecule has 0 fully saturated rings. The fraction of sp³-hybridized carbons (Fsp3) is 0.111. The van der Waals surface area contributed by atoms with Gasteiger partial charge in [0.1, 0.15) is 0 Å². The maximum Gasteiger partial charge on any atom is 0.343 e. The summed E-state index contributed by atoms with van der Waals surface area (Å²) in [6.45, 7) is 0. The van der Waals surface area contributed by atoms with Crippen molar-refractivity contribution in [3.8, 4) is 0 Å². The van der Waals surface area contributed by atoms with E-state index in [9.17, 15) is 4.79 Å². The number of hydrogen-bond donors (Lipinski definition) is 0. The van der Waals surface area contributed by atoms with Crippen molar-refractivity contribution in [3.63, 3.8) is 0 Å². The lowest BCUT2D eigenvalue weighted by Gasteiger charge is -1.90. The van der Waals surface area contributed by atoms with E-state index in [0.29, 0.717) is 12.0 Å². The molecule has 1 aliphatic carbocycles. The molecule has 0 amide bonds. The third-order valence-electron chi connectivity index (χ3n) is 2.00. The zero-order valence-electron chi connectivity index (χ0n) is 6.32. The molecule has 12 heavy (non-hydrogen) atoms. The van der Waals surface area contributed by atoms with Crippen LogP contribution in [0.4, 0.5) is 0 Å². The van der Waals surface area contributed by atoms with Crippen molar-refractivity contribution in [3.05, 3.63) is 40.9 Å². The maximum absolute atomic E-state index is 11.3. The SMILES string of the molecule is [N-]=[N+]=C1Cc2ccccc2C1=O. The topological polar surface area (TPSA) is 53.5 Å². The second-order valence-electron chi connectivity index (χ2n) is 2.71. The predicted octanol–water partition coefficient (Wildman–Crippen LogP) is 1.10. The Kier molecular flexibility index (Phi) is 1.39. The molecule has 0 N–H and O–H groups in total. The zero-order valence-corrected chi connectivity index (χ0v) is 6.32. The van der Waals surface area contributed by atoms with Crippen molar-refractivity contribution in [2.75, 3.05) is 0 Å². The molecule has 0 radical (unpaired) electrons. The molecule has 2 rings (SSSR count). The Morgan fingerprint density at radius 3 is 2.75 bits per heavy atom. The molecule has 0 saturated heterocycles. The predicted molar refractivity (Wildman–Crippen MR) is 43.1 cm³/mol. The minimum Gasteiger partial charge on any atom is -0.361 e. The summed E-state index contributed by atoms with van der Waals surface area (Å²) in [5.41, 5.74) is 10.3. The number of carbonyl (C=O) groups excluding carboxylic acids is 1. The van der Waals surface area contributed by atoms with Crippen molar-refractivity contribution in [2.45, 2.75) is 6.42 Å². The number of rotatable bonds is 0. The van der Waals surface area contributed by atoms with Gasteiger partial charge in [-0.1, -0.05) is 24.3 Å². The summed E-state index contributed by atoms with van der Waals surface area (Å²) in [6.07, 6.45) is 0.450. The van der Waals surface area contributed by atoms with Crippen molar-refractivity contribution >= 4 is 11.5 Å². The lowest BCUT2D eigenvalue weighted by atomic mass is 10.1. The molecule has 3 nitrogen and oxygen atoms in total. The first-order chi connectivity index (χ1) is 5.83. The summed E-state index contributed by atoms with van der Waals surface area (Å²) in [6, 6.07) is 7.28. The van der Waals surface area contributed by atoms with Gasteiger partial charge in [-0.25, -0.2) is 0 Å². The summed E-state index contributed by atoms with van der Waals surface area (Å²) >= 11 is 0. The summed E-state index contributed by atoms with van der Waals surface area (Å²) in [5, 5.41) is 0. The number of benzene rings is 1. The van der Waals surface area contributed by atoms with E-state index >= 15 is 0 Å². The summed E-state index contributed by atoms with van der Waals surface area (Å²) in [5.74, 6) is -0.159. The van der Waals surface area contributed by atoms with Crippen LogP contribution in [-0.2, 0) is 6.42 Å². The van der Waals surface area contributed by atoms with Crippen molar-refractivity contribution in [1.29, 1.82) is 0 Å². The Labute approximate surface area is 69.3 Å². The van der Waals surface area contributed by atoms with E-state index in [4.69, 9.17) is 5.53 Å². The number of hydrogen-bond acceptors (Lipinski definition) is 1. The smallest absolute Gasteiger partial charge is 0.343 e. The Morgan fingerprint density at radius 2 is 2.08 bits per heavy atom. The molecule has 1 aromatic carbocycles. The quantitative estimate of drug-likeness (QED) is 0.412. The van der Waals surface area contributed by atoms with Crippen LogP contribution >= 0.6 is 0 Å². The largest absolute Gasteiger partial charge is 0.361 e. The van der Waals surface area contributed by atoms with Crippen molar-refractivity contribution in [2.24, 2.45) is 0 Å². The Morgan fingerprint density at radius 1 is 1.33 bits per heavy atom. The molecular weight excluding hydrogens is 152 g/mol. The highest BCUT2D eigenvalue weighted by Crippen LogP contribution is 2.18. The van der Waals surface area contributed by atoms with Gasteiger partial charge in [-0.3, -0.25) is 4.79 Å². The van der Waals surface area contributed by atoms with Gasteiger partial charge in [-0.2, -0.15) is 4.79 Å². The van der Waals surface area contributed by atoms with Crippen LogP contribution in [0, 0.1) is 0 Å². The van der Waals surface area contributed by atoms with Crippen LogP contribution in [0.2, 0.25) is 0 Å². The third kappa shape index (κ3) is 0.807. The first-order valence-corrected chi connectivity index (χ1v) is 3.66. The van der Waals surface area contributed by atoms with E-state index in [1.165, 1.54) is 0 Å². The van der Waals surface area contributed by atoms with Crippen LogP contribution in [0.3, 0.4) is 0 Å². The highest BCUT2D eigenvalue weighted by molar-refractivity contribution is 6.47. The van der Waals surface area contributed by atoms with Gasteiger partial charge in [-0.15, -0.1) is 0 Å². The fourth-order valence-corrected chi connectivity index (χ4v) is 1.39. The van der Waals surface area contributed by atoms with Crippen LogP contribution in [-0.4, -0.2) is 16.3 Å². The Balaban J connectivity index is 2.64. The highest BCUT2D eigenvalue weighted by atomic mass is 16.1. The molecule has 0 heterocycles. The first kappa shape index (κ1) is 6.95. The Bertz CT molecular complexity index is 403. The van der Waals surface area contributed by atoms with Gasteiger partial charge in [0.2, 0.25) is 0 Å². The molecule has 0 atom stereocenters. The molecular formula is C9H6N2O. The van der Waals surface area contributed by atoms with Gasteiger partial charge >= 0.3 is 5.71 Å². The average Bonchev–Trinajstić information content (AvgIpc) is 2.44. The van der Waals surface area contributed by atoms with Gasteiger partial charge in [0, 0.05) is 5.56 Å². The molecule has 3 heteroatoms. The number of carbonyl (C=O) groups is 1. The average molecular weight is 158 g/mol. The van der Waals surface area contributed by atoms with E-state index < -0.39 is 0 Å². The summed E-state index contributed by atoms with van der Waals surface area (Å²) < 4.78 is 0. The van der Waals surface area contributed by atoms with Crippen LogP contribution in [0.1, 0.15) is 15.9 Å². The van der Waals surface area contributed by atoms with Crippen molar-refractivity contribution in [1.82, 2.24) is 0 Å². The van der Waals surface area contributed by atoms with Crippen molar-refractivity contribution < 1.29 is 9.58 Å². The van der Waals surface area contributed by atoms with Crippen LogP contribution in [0.15, 0.2) is 24.3 Å². The summed E-state index contributed by atoms with van der Waals surface area (Å²) in [7, 11) is 0. The Hall–Kier alpha value is -1.73. The van der Waals surface area contributed by atoms with Gasteiger partial charge in [-0.05, 0) is 5.56 Å². The minimum absolute atomic E-state index is 0.159. The normalized spacial score (nSPS) is 14.3. The molecule has 0 spiro atoms. The van der Waals surface area contributed by atoms with E-state index in [1.807, 2.05) is 12.1 Å². The van der Waals surface area contributed by atoms with Crippen LogP contribution < -0.4 is 0 Å². The summed E-state index contributed by atoms with van der Waals surface area (Å²) in [4.78, 5) is 14.3. The highest BCUT2D eigenvalue weighted by Gasteiger charge is 2.32. The van der Waals surface area contributed by atoms with E-state index in [2.05, 4.69) is 4.79 Å². The number of nitrogens with zero attached hydrogens (tertiary/aromatic N) is 2.